The minimum absolute atomic E-state index is 0.294. The molecular formula is C14H14N2O3. The molecule has 0 amide bonds. The predicted molar refractivity (Wildman–Crippen MR) is 70.6 cm³/mol. The van der Waals surface area contributed by atoms with Gasteiger partial charge in [-0.25, -0.2) is 9.97 Å². The smallest absolute Gasteiger partial charge is 0.316 e. The van der Waals surface area contributed by atoms with Crippen molar-refractivity contribution in [2.75, 3.05) is 13.7 Å². The van der Waals surface area contributed by atoms with Crippen LogP contribution in [0.1, 0.15) is 17.3 Å². The molecule has 98 valence electrons. The highest BCUT2D eigenvalue weighted by Gasteiger charge is 2.08. The van der Waals surface area contributed by atoms with E-state index in [2.05, 4.69) is 9.97 Å². The zero-order chi connectivity index (χ0) is 13.7. The summed E-state index contributed by atoms with van der Waals surface area (Å²) in [7, 11) is 1.50. The molecule has 0 radical (unpaired) electrons. The molecular weight excluding hydrogens is 244 g/mol. The first-order valence-electron chi connectivity index (χ1n) is 5.87. The van der Waals surface area contributed by atoms with E-state index >= 15 is 0 Å². The third-order valence-electron chi connectivity index (χ3n) is 2.58. The summed E-state index contributed by atoms with van der Waals surface area (Å²) in [6.07, 6.45) is 4.03. The number of hydrogen-bond donors (Lipinski definition) is 0. The van der Waals surface area contributed by atoms with Crippen LogP contribution in [0.2, 0.25) is 0 Å². The molecule has 2 aromatic rings. The second kappa shape index (κ2) is 5.95. The number of aromatic nitrogens is 2. The number of ether oxygens (including phenoxy) is 2. The van der Waals surface area contributed by atoms with Crippen LogP contribution in [-0.2, 0) is 0 Å². The minimum Gasteiger partial charge on any atom is -0.494 e. The van der Waals surface area contributed by atoms with Gasteiger partial charge < -0.3 is 9.47 Å². The van der Waals surface area contributed by atoms with Gasteiger partial charge in [-0.3, -0.25) is 4.79 Å². The Morgan fingerprint density at radius 2 is 2.00 bits per heavy atom. The van der Waals surface area contributed by atoms with Gasteiger partial charge in [0.2, 0.25) is 0 Å². The van der Waals surface area contributed by atoms with Gasteiger partial charge in [-0.1, -0.05) is 0 Å². The monoisotopic (exact) mass is 258 g/mol. The molecule has 1 heterocycles. The summed E-state index contributed by atoms with van der Waals surface area (Å²) in [6.45, 7) is 2.45. The molecule has 0 bridgehead atoms. The normalized spacial score (nSPS) is 10.0. The van der Waals surface area contributed by atoms with Crippen LogP contribution in [-0.4, -0.2) is 30.0 Å². The molecule has 0 saturated heterocycles. The van der Waals surface area contributed by atoms with Gasteiger partial charge in [-0.05, 0) is 30.7 Å². The molecule has 0 aliphatic rings. The van der Waals surface area contributed by atoms with Crippen LogP contribution in [0.5, 0.6) is 11.8 Å². The molecule has 0 spiro atoms. The maximum Gasteiger partial charge on any atom is 0.316 e. The lowest BCUT2D eigenvalue weighted by molar-refractivity contribution is 0.112. The Kier molecular flexibility index (Phi) is 4.07. The summed E-state index contributed by atoms with van der Waals surface area (Å²) in [5.41, 5.74) is 2.06. The van der Waals surface area contributed by atoms with Crippen molar-refractivity contribution >= 4 is 6.29 Å². The average Bonchev–Trinajstić information content (AvgIpc) is 2.47. The minimum atomic E-state index is 0.294. The summed E-state index contributed by atoms with van der Waals surface area (Å²) >= 11 is 0. The summed E-state index contributed by atoms with van der Waals surface area (Å²) < 4.78 is 10.3. The maximum atomic E-state index is 11.2. The number of nitrogens with zero attached hydrogens (tertiary/aromatic N) is 2. The van der Waals surface area contributed by atoms with Crippen LogP contribution >= 0.6 is 0 Å². The Bertz CT molecular complexity index is 567. The molecule has 0 N–H and O–H groups in total. The van der Waals surface area contributed by atoms with Gasteiger partial charge in [0, 0.05) is 23.5 Å². The van der Waals surface area contributed by atoms with E-state index in [1.165, 1.54) is 7.11 Å². The first kappa shape index (κ1) is 13.0. The van der Waals surface area contributed by atoms with Crippen molar-refractivity contribution in [1.29, 1.82) is 0 Å². The summed E-state index contributed by atoms with van der Waals surface area (Å²) in [6, 6.07) is 5.63. The number of rotatable bonds is 5. The topological polar surface area (TPSA) is 61.3 Å². The van der Waals surface area contributed by atoms with Gasteiger partial charge in [-0.2, -0.15) is 0 Å². The zero-order valence-electron chi connectivity index (χ0n) is 10.8. The average molecular weight is 258 g/mol. The van der Waals surface area contributed by atoms with Gasteiger partial charge in [-0.15, -0.1) is 0 Å². The first-order valence-corrected chi connectivity index (χ1v) is 5.87. The Morgan fingerprint density at radius 3 is 2.58 bits per heavy atom. The largest absolute Gasteiger partial charge is 0.494 e. The standard InChI is InChI=1S/C14H14N2O3/c1-3-19-12-4-5-13(10(6-12)9-17)11-7-15-14(18-2)16-8-11/h4-9H,3H2,1-2H3. The predicted octanol–water partition coefficient (Wildman–Crippen LogP) is 2.36. The highest BCUT2D eigenvalue weighted by atomic mass is 16.5. The zero-order valence-corrected chi connectivity index (χ0v) is 10.8. The fraction of sp³-hybridized carbons (Fsp3) is 0.214. The number of hydrogen-bond acceptors (Lipinski definition) is 5. The van der Waals surface area contributed by atoms with E-state index in [4.69, 9.17) is 9.47 Å². The molecule has 0 saturated carbocycles. The first-order chi connectivity index (χ1) is 9.28. The molecule has 0 unspecified atom stereocenters. The number of carbonyl (C=O) groups excluding carboxylic acids is 1. The van der Waals surface area contributed by atoms with Crippen molar-refractivity contribution in [2.24, 2.45) is 0 Å². The van der Waals surface area contributed by atoms with Crippen LogP contribution in [0.4, 0.5) is 0 Å². The van der Waals surface area contributed by atoms with Gasteiger partial charge in [0.05, 0.1) is 13.7 Å². The summed E-state index contributed by atoms with van der Waals surface area (Å²) in [5, 5.41) is 0. The molecule has 0 atom stereocenters. The quantitative estimate of drug-likeness (QED) is 0.770. The van der Waals surface area contributed by atoms with E-state index in [0.717, 1.165) is 17.4 Å². The molecule has 0 fully saturated rings. The number of aldehydes is 1. The van der Waals surface area contributed by atoms with E-state index < -0.39 is 0 Å². The van der Waals surface area contributed by atoms with Gasteiger partial charge in [0.25, 0.3) is 0 Å². The fourth-order valence-corrected chi connectivity index (χ4v) is 1.72. The lowest BCUT2D eigenvalue weighted by atomic mass is 10.0. The second-order valence-corrected chi connectivity index (χ2v) is 3.76. The van der Waals surface area contributed by atoms with Gasteiger partial charge in [0.1, 0.15) is 5.75 Å². The molecule has 5 heteroatoms. The van der Waals surface area contributed by atoms with E-state index in [1.807, 2.05) is 19.1 Å². The Morgan fingerprint density at radius 1 is 1.26 bits per heavy atom. The Balaban J connectivity index is 2.39. The van der Waals surface area contributed by atoms with Gasteiger partial charge in [0.15, 0.2) is 6.29 Å². The van der Waals surface area contributed by atoms with Crippen LogP contribution in [0.25, 0.3) is 11.1 Å². The molecule has 1 aromatic carbocycles. The van der Waals surface area contributed by atoms with Crippen molar-refractivity contribution in [2.45, 2.75) is 6.92 Å². The fourth-order valence-electron chi connectivity index (χ4n) is 1.72. The Hall–Kier alpha value is -2.43. The molecule has 0 aliphatic carbocycles. The number of benzene rings is 1. The lowest BCUT2D eigenvalue weighted by Crippen LogP contribution is -1.96. The van der Waals surface area contributed by atoms with Crippen molar-refractivity contribution in [3.05, 3.63) is 36.2 Å². The molecule has 5 nitrogen and oxygen atoms in total. The van der Waals surface area contributed by atoms with E-state index in [1.54, 1.807) is 18.5 Å². The van der Waals surface area contributed by atoms with Crippen molar-refractivity contribution in [3.8, 4) is 22.9 Å². The molecule has 0 aliphatic heterocycles. The molecule has 2 rings (SSSR count). The van der Waals surface area contributed by atoms with E-state index in [9.17, 15) is 4.79 Å². The Labute approximate surface area is 111 Å². The van der Waals surface area contributed by atoms with Crippen LogP contribution in [0, 0.1) is 0 Å². The molecule has 19 heavy (non-hydrogen) atoms. The van der Waals surface area contributed by atoms with Crippen LogP contribution in [0.15, 0.2) is 30.6 Å². The molecule has 1 aromatic heterocycles. The van der Waals surface area contributed by atoms with E-state index in [0.29, 0.717) is 23.9 Å². The summed E-state index contributed by atoms with van der Waals surface area (Å²) in [4.78, 5) is 19.2. The van der Waals surface area contributed by atoms with Crippen molar-refractivity contribution in [3.63, 3.8) is 0 Å². The van der Waals surface area contributed by atoms with Crippen molar-refractivity contribution < 1.29 is 14.3 Å². The lowest BCUT2D eigenvalue weighted by Gasteiger charge is -2.08. The maximum absolute atomic E-state index is 11.2. The van der Waals surface area contributed by atoms with Gasteiger partial charge >= 0.3 is 6.01 Å². The van der Waals surface area contributed by atoms with Crippen LogP contribution < -0.4 is 9.47 Å². The number of carbonyl (C=O) groups is 1. The SMILES string of the molecule is CCOc1ccc(-c2cnc(OC)nc2)c(C=O)c1. The second-order valence-electron chi connectivity index (χ2n) is 3.76. The van der Waals surface area contributed by atoms with Crippen molar-refractivity contribution in [1.82, 2.24) is 9.97 Å². The van der Waals surface area contributed by atoms with Crippen LogP contribution in [0.3, 0.4) is 0 Å². The highest BCUT2D eigenvalue weighted by molar-refractivity contribution is 5.87. The third-order valence-corrected chi connectivity index (χ3v) is 2.58. The highest BCUT2D eigenvalue weighted by Crippen LogP contribution is 2.26. The number of methoxy groups -OCH3 is 1. The summed E-state index contributed by atoms with van der Waals surface area (Å²) in [5.74, 6) is 0.669. The van der Waals surface area contributed by atoms with E-state index in [-0.39, 0.29) is 0 Å². The third kappa shape index (κ3) is 2.88.